The van der Waals surface area contributed by atoms with E-state index in [-0.39, 0.29) is 5.70 Å². The van der Waals surface area contributed by atoms with Crippen LogP contribution in [-0.4, -0.2) is 13.1 Å². The van der Waals surface area contributed by atoms with Crippen molar-refractivity contribution in [3.63, 3.8) is 0 Å². The third-order valence-electron chi connectivity index (χ3n) is 1.40. The van der Waals surface area contributed by atoms with E-state index in [0.717, 1.165) is 4.91 Å². The van der Waals surface area contributed by atoms with Crippen LogP contribution in [0.15, 0.2) is 22.6 Å². The predicted molar refractivity (Wildman–Crippen MR) is 55.9 cm³/mol. The smallest absolute Gasteiger partial charge is 0.354 e. The maximum Gasteiger partial charge on any atom is 0.354 e. The van der Waals surface area contributed by atoms with E-state index >= 15 is 0 Å². The zero-order chi connectivity index (χ0) is 10.4. The second kappa shape index (κ2) is 5.70. The van der Waals surface area contributed by atoms with Gasteiger partial charge in [-0.25, -0.2) is 4.79 Å². The van der Waals surface area contributed by atoms with Crippen molar-refractivity contribution in [2.24, 2.45) is 11.7 Å². The molecule has 0 rings (SSSR count). The molecule has 2 N–H and O–H groups in total. The predicted octanol–water partition coefficient (Wildman–Crippen LogP) is 1.86. The molecule has 0 aliphatic rings. The molecule has 0 heterocycles. The Morgan fingerprint density at radius 1 is 1.62 bits per heavy atom. The van der Waals surface area contributed by atoms with Crippen LogP contribution >= 0.6 is 11.8 Å². The summed E-state index contributed by atoms with van der Waals surface area (Å²) in [7, 11) is 1.30. The van der Waals surface area contributed by atoms with E-state index in [1.807, 2.05) is 13.8 Å². The molecule has 13 heavy (non-hydrogen) atoms. The minimum absolute atomic E-state index is 0.106. The van der Waals surface area contributed by atoms with Gasteiger partial charge in [-0.15, -0.1) is 11.8 Å². The number of thioether (sulfide) groups is 1. The first-order valence-electron chi connectivity index (χ1n) is 3.88. The number of ether oxygens (including phenoxy) is 1. The number of carbonyl (C=O) groups excluding carboxylic acids is 1. The van der Waals surface area contributed by atoms with Crippen molar-refractivity contribution in [1.29, 1.82) is 0 Å². The summed E-state index contributed by atoms with van der Waals surface area (Å²) in [5.41, 5.74) is 5.51. The topological polar surface area (TPSA) is 52.3 Å². The minimum atomic E-state index is -0.510. The Labute approximate surface area is 83.0 Å². The lowest BCUT2D eigenvalue weighted by molar-refractivity contribution is -0.136. The van der Waals surface area contributed by atoms with Crippen molar-refractivity contribution in [3.05, 3.63) is 22.6 Å². The number of hydrogen-bond acceptors (Lipinski definition) is 4. The van der Waals surface area contributed by atoms with Gasteiger partial charge in [0.25, 0.3) is 0 Å². The first kappa shape index (κ1) is 12.1. The Balaban J connectivity index is 4.12. The van der Waals surface area contributed by atoms with Crippen molar-refractivity contribution in [2.45, 2.75) is 13.8 Å². The first-order chi connectivity index (χ1) is 5.99. The number of carbonyl (C=O) groups is 1. The van der Waals surface area contributed by atoms with E-state index < -0.39 is 5.97 Å². The molecule has 0 unspecified atom stereocenters. The van der Waals surface area contributed by atoms with Crippen molar-refractivity contribution >= 4 is 17.7 Å². The van der Waals surface area contributed by atoms with E-state index in [4.69, 9.17) is 5.73 Å². The summed E-state index contributed by atoms with van der Waals surface area (Å²) >= 11 is 1.35. The van der Waals surface area contributed by atoms with Crippen LogP contribution in [0.1, 0.15) is 13.8 Å². The molecule has 0 fully saturated rings. The third-order valence-corrected chi connectivity index (χ3v) is 2.55. The lowest BCUT2D eigenvalue weighted by Crippen LogP contribution is -2.12. The molecule has 0 saturated heterocycles. The molecular weight excluding hydrogens is 186 g/mol. The Morgan fingerprint density at radius 3 is 2.54 bits per heavy atom. The van der Waals surface area contributed by atoms with E-state index in [9.17, 15) is 4.79 Å². The van der Waals surface area contributed by atoms with Crippen LogP contribution in [0.25, 0.3) is 0 Å². The van der Waals surface area contributed by atoms with Crippen LogP contribution < -0.4 is 5.73 Å². The van der Waals surface area contributed by atoms with Crippen LogP contribution in [0.5, 0.6) is 0 Å². The highest BCUT2D eigenvalue weighted by Gasteiger charge is 2.05. The van der Waals surface area contributed by atoms with E-state index in [1.54, 1.807) is 5.41 Å². The van der Waals surface area contributed by atoms with Gasteiger partial charge in [-0.05, 0) is 10.8 Å². The number of methoxy groups -OCH3 is 1. The molecular formula is C9H15NO2S. The molecule has 3 nitrogen and oxygen atoms in total. The average molecular weight is 201 g/mol. The summed E-state index contributed by atoms with van der Waals surface area (Å²) < 4.78 is 4.43. The maximum absolute atomic E-state index is 10.8. The van der Waals surface area contributed by atoms with Gasteiger partial charge in [-0.3, -0.25) is 0 Å². The first-order valence-corrected chi connectivity index (χ1v) is 4.76. The summed E-state index contributed by atoms with van der Waals surface area (Å²) in [5, 5.41) is 1.55. The monoisotopic (exact) mass is 201 g/mol. The van der Waals surface area contributed by atoms with Crippen molar-refractivity contribution < 1.29 is 9.53 Å². The molecule has 0 spiro atoms. The van der Waals surface area contributed by atoms with Gasteiger partial charge in [-0.1, -0.05) is 20.4 Å². The number of rotatable bonds is 4. The average Bonchev–Trinajstić information content (AvgIpc) is 2.11. The summed E-state index contributed by atoms with van der Waals surface area (Å²) in [6.45, 7) is 7.87. The molecule has 0 radical (unpaired) electrons. The van der Waals surface area contributed by atoms with Gasteiger partial charge in [0.1, 0.15) is 5.70 Å². The van der Waals surface area contributed by atoms with Gasteiger partial charge in [-0.2, -0.15) is 0 Å². The summed E-state index contributed by atoms with van der Waals surface area (Å²) in [5.74, 6) is -0.143. The van der Waals surface area contributed by atoms with Crippen LogP contribution in [0, 0.1) is 5.92 Å². The Morgan fingerprint density at radius 2 is 2.15 bits per heavy atom. The molecule has 0 aromatic carbocycles. The fraction of sp³-hybridized carbons (Fsp3) is 0.444. The van der Waals surface area contributed by atoms with E-state index in [0.29, 0.717) is 5.92 Å². The maximum atomic E-state index is 10.8. The lowest BCUT2D eigenvalue weighted by Gasteiger charge is -2.05. The number of allylic oxidation sites excluding steroid dienone is 1. The van der Waals surface area contributed by atoms with E-state index in [1.165, 1.54) is 18.9 Å². The zero-order valence-corrected chi connectivity index (χ0v) is 8.98. The van der Waals surface area contributed by atoms with Gasteiger partial charge in [0.05, 0.1) is 7.11 Å². The van der Waals surface area contributed by atoms with Crippen LogP contribution in [0.4, 0.5) is 0 Å². The Hall–Kier alpha value is -0.900. The molecule has 74 valence electrons. The van der Waals surface area contributed by atoms with Gasteiger partial charge in [0.15, 0.2) is 0 Å². The standard InChI is InChI=1S/C9H15NO2S/c1-6(2)7(3)13-5-8(10)9(11)12-4/h5-6H,3,10H2,1-2,4H3/b8-5-. The van der Waals surface area contributed by atoms with Gasteiger partial charge in [0.2, 0.25) is 0 Å². The molecule has 0 bridgehead atoms. The van der Waals surface area contributed by atoms with Crippen LogP contribution in [0.2, 0.25) is 0 Å². The normalized spacial score (nSPS) is 11.5. The molecule has 4 heteroatoms. The third kappa shape index (κ3) is 4.62. The molecule has 0 atom stereocenters. The fourth-order valence-corrected chi connectivity index (χ4v) is 1.09. The second-order valence-corrected chi connectivity index (χ2v) is 3.80. The molecule has 0 aromatic heterocycles. The highest BCUT2D eigenvalue weighted by atomic mass is 32.2. The largest absolute Gasteiger partial charge is 0.464 e. The number of nitrogens with two attached hydrogens (primary N) is 1. The van der Waals surface area contributed by atoms with Crippen LogP contribution in [0.3, 0.4) is 0 Å². The Kier molecular flexibility index (Phi) is 5.30. The second-order valence-electron chi connectivity index (χ2n) is 2.80. The Bertz CT molecular complexity index is 234. The number of esters is 1. The summed E-state index contributed by atoms with van der Waals surface area (Å²) in [6, 6.07) is 0. The molecule has 0 aliphatic heterocycles. The quantitative estimate of drug-likeness (QED) is 0.557. The van der Waals surface area contributed by atoms with Gasteiger partial charge in [0, 0.05) is 5.41 Å². The van der Waals surface area contributed by atoms with Crippen molar-refractivity contribution in [3.8, 4) is 0 Å². The van der Waals surface area contributed by atoms with Gasteiger partial charge >= 0.3 is 5.97 Å². The molecule has 0 aromatic rings. The zero-order valence-electron chi connectivity index (χ0n) is 8.16. The highest BCUT2D eigenvalue weighted by molar-refractivity contribution is 8.05. The molecule has 0 saturated carbocycles. The van der Waals surface area contributed by atoms with Crippen molar-refractivity contribution in [1.82, 2.24) is 0 Å². The number of hydrogen-bond donors (Lipinski definition) is 1. The SMILES string of the molecule is C=C(S/C=C(\N)C(=O)OC)C(C)C. The summed E-state index contributed by atoms with van der Waals surface area (Å²) in [6.07, 6.45) is 0. The molecule has 0 aliphatic carbocycles. The lowest BCUT2D eigenvalue weighted by atomic mass is 10.2. The van der Waals surface area contributed by atoms with E-state index in [2.05, 4.69) is 11.3 Å². The molecule has 0 amide bonds. The summed E-state index contributed by atoms with van der Waals surface area (Å²) in [4.78, 5) is 11.8. The minimum Gasteiger partial charge on any atom is -0.464 e. The fourth-order valence-electron chi connectivity index (χ4n) is 0.441. The van der Waals surface area contributed by atoms with Crippen molar-refractivity contribution in [2.75, 3.05) is 7.11 Å². The van der Waals surface area contributed by atoms with Crippen LogP contribution in [-0.2, 0) is 9.53 Å². The van der Waals surface area contributed by atoms with Gasteiger partial charge < -0.3 is 10.5 Å². The highest BCUT2D eigenvalue weighted by Crippen LogP contribution is 2.23.